The van der Waals surface area contributed by atoms with E-state index in [2.05, 4.69) is 31.2 Å². The number of ether oxygens (including phenoxy) is 1. The van der Waals surface area contributed by atoms with Gasteiger partial charge in [0.05, 0.1) is 24.0 Å². The number of nitrogens with one attached hydrogen (secondary N) is 1. The van der Waals surface area contributed by atoms with E-state index in [4.69, 9.17) is 4.74 Å². The first kappa shape index (κ1) is 17.2. The topological polar surface area (TPSA) is 64.1 Å². The molecule has 0 radical (unpaired) electrons. The maximum atomic E-state index is 12.9. The van der Waals surface area contributed by atoms with Crippen LogP contribution in [0.3, 0.4) is 0 Å². The molecule has 132 valence electrons. The largest absolute Gasteiger partial charge is 0.493 e. The number of pyridine rings is 1. The van der Waals surface area contributed by atoms with Gasteiger partial charge in [0, 0.05) is 22.7 Å². The number of rotatable bonds is 3. The normalized spacial score (nSPS) is 15.8. The first-order valence-electron chi connectivity index (χ1n) is 8.24. The van der Waals surface area contributed by atoms with Crippen LogP contribution in [-0.4, -0.2) is 22.5 Å². The van der Waals surface area contributed by atoms with Gasteiger partial charge in [0.1, 0.15) is 15.6 Å². The number of thiazole rings is 1. The van der Waals surface area contributed by atoms with E-state index >= 15 is 0 Å². The third-order valence-corrected chi connectivity index (χ3v) is 5.88. The molecule has 5 nitrogen and oxygen atoms in total. The van der Waals surface area contributed by atoms with E-state index in [0.717, 1.165) is 38.6 Å². The second-order valence-corrected chi connectivity index (χ2v) is 7.91. The van der Waals surface area contributed by atoms with E-state index in [0.29, 0.717) is 11.5 Å². The van der Waals surface area contributed by atoms with Crippen LogP contribution in [-0.2, 0) is 0 Å². The van der Waals surface area contributed by atoms with Crippen molar-refractivity contribution >= 4 is 33.2 Å². The van der Waals surface area contributed by atoms with Crippen LogP contribution in [0, 0.1) is 6.92 Å². The standard InChI is InChI=1S/C19H16BrN3O2S/c1-11-17(26-19(22-11)15-4-2-3-8-21-15)18(24)23-14-7-9-25-16-6-5-12(20)10-13(14)16/h2-6,8,10,14H,7,9H2,1H3,(H,23,24). The molecule has 0 fully saturated rings. The molecule has 1 unspecified atom stereocenters. The molecule has 1 aliphatic heterocycles. The minimum absolute atomic E-state index is 0.0800. The van der Waals surface area contributed by atoms with Gasteiger partial charge >= 0.3 is 0 Å². The van der Waals surface area contributed by atoms with Gasteiger partial charge in [-0.25, -0.2) is 4.98 Å². The molecule has 1 N–H and O–H groups in total. The summed E-state index contributed by atoms with van der Waals surface area (Å²) in [5, 5.41) is 3.89. The Morgan fingerprint density at radius 3 is 3.04 bits per heavy atom. The molecule has 0 bridgehead atoms. The third-order valence-electron chi connectivity index (χ3n) is 4.20. The lowest BCUT2D eigenvalue weighted by Gasteiger charge is -2.26. The average Bonchev–Trinajstić information content (AvgIpc) is 3.05. The van der Waals surface area contributed by atoms with Crippen molar-refractivity contribution in [1.29, 1.82) is 0 Å². The van der Waals surface area contributed by atoms with Crippen LogP contribution in [0.4, 0.5) is 0 Å². The molecular formula is C19H16BrN3O2S. The van der Waals surface area contributed by atoms with Crippen molar-refractivity contribution in [3.63, 3.8) is 0 Å². The number of aromatic nitrogens is 2. The highest BCUT2D eigenvalue weighted by atomic mass is 79.9. The highest BCUT2D eigenvalue weighted by molar-refractivity contribution is 9.10. The number of amides is 1. The smallest absolute Gasteiger partial charge is 0.263 e. The first-order valence-corrected chi connectivity index (χ1v) is 9.84. The highest BCUT2D eigenvalue weighted by Crippen LogP contribution is 2.35. The Morgan fingerprint density at radius 1 is 1.35 bits per heavy atom. The molecule has 3 aromatic rings. The molecule has 4 rings (SSSR count). The van der Waals surface area contributed by atoms with Crippen molar-refractivity contribution in [2.75, 3.05) is 6.61 Å². The van der Waals surface area contributed by atoms with Crippen LogP contribution in [0.25, 0.3) is 10.7 Å². The number of fused-ring (bicyclic) bond motifs is 1. The summed E-state index contributed by atoms with van der Waals surface area (Å²) in [5.74, 6) is 0.708. The molecule has 3 heterocycles. The minimum Gasteiger partial charge on any atom is -0.493 e. The molecule has 2 aromatic heterocycles. The first-order chi connectivity index (χ1) is 12.6. The monoisotopic (exact) mass is 429 g/mol. The number of hydrogen-bond donors (Lipinski definition) is 1. The zero-order valence-corrected chi connectivity index (χ0v) is 16.4. The van der Waals surface area contributed by atoms with E-state index in [9.17, 15) is 4.79 Å². The molecular weight excluding hydrogens is 414 g/mol. The summed E-state index contributed by atoms with van der Waals surface area (Å²) < 4.78 is 6.66. The fraction of sp³-hybridized carbons (Fsp3) is 0.211. The van der Waals surface area contributed by atoms with Gasteiger partial charge in [-0.3, -0.25) is 9.78 Å². The Balaban J connectivity index is 1.59. The predicted molar refractivity (Wildman–Crippen MR) is 105 cm³/mol. The maximum absolute atomic E-state index is 12.9. The van der Waals surface area contributed by atoms with E-state index in [1.54, 1.807) is 6.20 Å². The lowest BCUT2D eigenvalue weighted by molar-refractivity contribution is 0.0928. The van der Waals surface area contributed by atoms with E-state index in [1.807, 2.05) is 43.3 Å². The molecule has 7 heteroatoms. The van der Waals surface area contributed by atoms with Crippen LogP contribution < -0.4 is 10.1 Å². The van der Waals surface area contributed by atoms with Gasteiger partial charge in [0.15, 0.2) is 0 Å². The van der Waals surface area contributed by atoms with Crippen molar-refractivity contribution in [3.8, 4) is 16.5 Å². The summed E-state index contributed by atoms with van der Waals surface area (Å²) in [7, 11) is 0. The summed E-state index contributed by atoms with van der Waals surface area (Å²) in [5.41, 5.74) is 2.49. The number of halogens is 1. The van der Waals surface area contributed by atoms with Crippen LogP contribution in [0.2, 0.25) is 0 Å². The predicted octanol–water partition coefficient (Wildman–Crippen LogP) is 4.53. The van der Waals surface area contributed by atoms with Crippen LogP contribution in [0.15, 0.2) is 47.1 Å². The number of benzene rings is 1. The Labute approximate surface area is 163 Å². The molecule has 1 aromatic carbocycles. The summed E-state index contributed by atoms with van der Waals surface area (Å²) in [6.07, 6.45) is 2.46. The quantitative estimate of drug-likeness (QED) is 0.663. The minimum atomic E-state index is -0.111. The van der Waals surface area contributed by atoms with Gasteiger partial charge in [-0.15, -0.1) is 11.3 Å². The van der Waals surface area contributed by atoms with Crippen molar-refractivity contribution in [2.45, 2.75) is 19.4 Å². The Hall–Kier alpha value is -2.25. The van der Waals surface area contributed by atoms with E-state index in [-0.39, 0.29) is 11.9 Å². The number of nitrogens with zero attached hydrogens (tertiary/aromatic N) is 2. The highest BCUT2D eigenvalue weighted by Gasteiger charge is 2.25. The Kier molecular flexibility index (Phi) is 4.74. The lowest BCUT2D eigenvalue weighted by atomic mass is 10.0. The molecule has 26 heavy (non-hydrogen) atoms. The van der Waals surface area contributed by atoms with Crippen LogP contribution in [0.5, 0.6) is 5.75 Å². The van der Waals surface area contributed by atoms with Gasteiger partial charge in [-0.05, 0) is 37.3 Å². The second kappa shape index (κ2) is 7.17. The summed E-state index contributed by atoms with van der Waals surface area (Å²) in [4.78, 5) is 22.3. The second-order valence-electron chi connectivity index (χ2n) is 5.99. The average molecular weight is 430 g/mol. The zero-order valence-electron chi connectivity index (χ0n) is 14.0. The van der Waals surface area contributed by atoms with E-state index in [1.165, 1.54) is 11.3 Å². The molecule has 0 spiro atoms. The fourth-order valence-corrected chi connectivity index (χ4v) is 4.27. The van der Waals surface area contributed by atoms with Crippen molar-refractivity contribution < 1.29 is 9.53 Å². The molecule has 1 amide bonds. The summed E-state index contributed by atoms with van der Waals surface area (Å²) in [6.45, 7) is 2.44. The molecule has 0 saturated heterocycles. The number of carbonyl (C=O) groups is 1. The fourth-order valence-electron chi connectivity index (χ4n) is 2.94. The molecule has 0 aliphatic carbocycles. The van der Waals surface area contributed by atoms with Crippen molar-refractivity contribution in [3.05, 3.63) is 63.2 Å². The number of hydrogen-bond acceptors (Lipinski definition) is 5. The number of carbonyl (C=O) groups excluding carboxylic acids is 1. The van der Waals surface area contributed by atoms with Gasteiger partial charge in [-0.1, -0.05) is 22.0 Å². The zero-order chi connectivity index (χ0) is 18.1. The summed E-state index contributed by atoms with van der Waals surface area (Å²) >= 11 is 4.85. The van der Waals surface area contributed by atoms with Gasteiger partial charge < -0.3 is 10.1 Å². The Bertz CT molecular complexity index is 959. The molecule has 1 aliphatic rings. The molecule has 1 atom stereocenters. The SMILES string of the molecule is Cc1nc(-c2ccccn2)sc1C(=O)NC1CCOc2ccc(Br)cc21. The van der Waals surface area contributed by atoms with Gasteiger partial charge in [0.25, 0.3) is 5.91 Å². The van der Waals surface area contributed by atoms with E-state index < -0.39 is 0 Å². The maximum Gasteiger partial charge on any atom is 0.263 e. The van der Waals surface area contributed by atoms with Crippen molar-refractivity contribution in [2.24, 2.45) is 0 Å². The van der Waals surface area contributed by atoms with Gasteiger partial charge in [-0.2, -0.15) is 0 Å². The van der Waals surface area contributed by atoms with Crippen molar-refractivity contribution in [1.82, 2.24) is 15.3 Å². The third kappa shape index (κ3) is 3.37. The Morgan fingerprint density at radius 2 is 2.23 bits per heavy atom. The summed E-state index contributed by atoms with van der Waals surface area (Å²) in [6, 6.07) is 11.5. The van der Waals surface area contributed by atoms with Crippen LogP contribution in [0.1, 0.15) is 33.4 Å². The lowest BCUT2D eigenvalue weighted by Crippen LogP contribution is -2.32. The van der Waals surface area contributed by atoms with Crippen LogP contribution >= 0.6 is 27.3 Å². The van der Waals surface area contributed by atoms with Gasteiger partial charge in [0.2, 0.25) is 0 Å². The molecule has 0 saturated carbocycles. The number of aryl methyl sites for hydroxylation is 1.